The van der Waals surface area contributed by atoms with Gasteiger partial charge in [0.2, 0.25) is 0 Å². The zero-order valence-corrected chi connectivity index (χ0v) is 19.1. The van der Waals surface area contributed by atoms with Crippen molar-refractivity contribution in [2.45, 2.75) is 38.3 Å². The van der Waals surface area contributed by atoms with Gasteiger partial charge in [-0.1, -0.05) is 18.2 Å². The number of amides is 2. The summed E-state index contributed by atoms with van der Waals surface area (Å²) in [6, 6.07) is 20.2. The molecule has 2 aromatic carbocycles. The van der Waals surface area contributed by atoms with E-state index in [-0.39, 0.29) is 6.03 Å². The first-order chi connectivity index (χ1) is 15.7. The van der Waals surface area contributed by atoms with Crippen molar-refractivity contribution in [2.24, 2.45) is 0 Å². The van der Waals surface area contributed by atoms with Crippen LogP contribution in [0.4, 0.5) is 21.9 Å². The van der Waals surface area contributed by atoms with Crippen molar-refractivity contribution < 1.29 is 4.79 Å². The molecule has 170 valence electrons. The maximum atomic E-state index is 12.8. The van der Waals surface area contributed by atoms with Crippen molar-refractivity contribution >= 4 is 23.1 Å². The molecule has 0 bridgehead atoms. The van der Waals surface area contributed by atoms with Crippen molar-refractivity contribution in [3.63, 3.8) is 0 Å². The SMILES string of the molecule is CC1CCCN1C1CCN(c2ccc(NC(=O)N3CCN(c4ccccc4)CC3)cc2)C1. The van der Waals surface area contributed by atoms with Gasteiger partial charge in [-0.25, -0.2) is 4.79 Å². The van der Waals surface area contributed by atoms with Crippen LogP contribution in [0.15, 0.2) is 54.6 Å². The van der Waals surface area contributed by atoms with E-state index >= 15 is 0 Å². The van der Waals surface area contributed by atoms with E-state index in [1.807, 2.05) is 23.1 Å². The van der Waals surface area contributed by atoms with Crippen LogP contribution in [0.3, 0.4) is 0 Å². The van der Waals surface area contributed by atoms with Crippen LogP contribution in [-0.4, -0.2) is 73.7 Å². The Balaban J connectivity index is 1.11. The minimum Gasteiger partial charge on any atom is -0.370 e. The Morgan fingerprint density at radius 3 is 2.22 bits per heavy atom. The summed E-state index contributed by atoms with van der Waals surface area (Å²) in [6.45, 7) is 9.06. The van der Waals surface area contributed by atoms with E-state index in [0.717, 1.165) is 51.0 Å². The molecule has 2 aromatic rings. The summed E-state index contributed by atoms with van der Waals surface area (Å²) in [5, 5.41) is 3.09. The van der Waals surface area contributed by atoms with Crippen LogP contribution in [0.1, 0.15) is 26.2 Å². The molecule has 3 aliphatic rings. The second-order valence-electron chi connectivity index (χ2n) is 9.40. The van der Waals surface area contributed by atoms with Crippen LogP contribution < -0.4 is 15.1 Å². The fourth-order valence-electron chi connectivity index (χ4n) is 5.51. The predicted octanol–water partition coefficient (Wildman–Crippen LogP) is 4.10. The third-order valence-corrected chi connectivity index (χ3v) is 7.41. The van der Waals surface area contributed by atoms with E-state index in [2.05, 4.69) is 63.3 Å². The third-order valence-electron chi connectivity index (χ3n) is 7.41. The van der Waals surface area contributed by atoms with E-state index in [1.54, 1.807) is 0 Å². The van der Waals surface area contributed by atoms with Crippen LogP contribution in [-0.2, 0) is 0 Å². The highest BCUT2D eigenvalue weighted by Gasteiger charge is 2.32. The molecule has 1 N–H and O–H groups in total. The molecule has 3 heterocycles. The van der Waals surface area contributed by atoms with Gasteiger partial charge in [-0.2, -0.15) is 0 Å². The number of carbonyl (C=O) groups excluding carboxylic acids is 1. The van der Waals surface area contributed by atoms with Gasteiger partial charge in [-0.05, 0) is 69.1 Å². The molecule has 5 rings (SSSR count). The predicted molar refractivity (Wildman–Crippen MR) is 132 cm³/mol. The largest absolute Gasteiger partial charge is 0.370 e. The van der Waals surface area contributed by atoms with Gasteiger partial charge in [0.15, 0.2) is 0 Å². The third kappa shape index (κ3) is 4.56. The molecule has 3 fully saturated rings. The van der Waals surface area contributed by atoms with Crippen molar-refractivity contribution in [1.29, 1.82) is 0 Å². The Hall–Kier alpha value is -2.73. The van der Waals surface area contributed by atoms with E-state index in [1.165, 1.54) is 37.2 Å². The highest BCUT2D eigenvalue weighted by Crippen LogP contribution is 2.29. The lowest BCUT2D eigenvalue weighted by Crippen LogP contribution is -2.50. The van der Waals surface area contributed by atoms with Crippen molar-refractivity contribution in [3.8, 4) is 0 Å². The fourth-order valence-corrected chi connectivity index (χ4v) is 5.51. The van der Waals surface area contributed by atoms with E-state index in [0.29, 0.717) is 6.04 Å². The zero-order chi connectivity index (χ0) is 21.9. The minimum atomic E-state index is -0.00489. The first-order valence-electron chi connectivity index (χ1n) is 12.1. The number of nitrogens with zero attached hydrogens (tertiary/aromatic N) is 4. The second-order valence-corrected chi connectivity index (χ2v) is 9.40. The minimum absolute atomic E-state index is 0.00489. The average molecular weight is 434 g/mol. The number of benzene rings is 2. The van der Waals surface area contributed by atoms with E-state index < -0.39 is 0 Å². The molecule has 0 spiro atoms. The number of hydrogen-bond donors (Lipinski definition) is 1. The maximum absolute atomic E-state index is 12.8. The normalized spacial score (nSPS) is 24.2. The van der Waals surface area contributed by atoms with Gasteiger partial charge < -0.3 is 20.0 Å². The summed E-state index contributed by atoms with van der Waals surface area (Å²) in [6.07, 6.45) is 3.93. The van der Waals surface area contributed by atoms with Crippen molar-refractivity contribution in [2.75, 3.05) is 60.9 Å². The summed E-state index contributed by atoms with van der Waals surface area (Å²) in [4.78, 5) is 22.2. The van der Waals surface area contributed by atoms with Crippen LogP contribution in [0, 0.1) is 0 Å². The topological polar surface area (TPSA) is 42.1 Å². The highest BCUT2D eigenvalue weighted by molar-refractivity contribution is 5.89. The summed E-state index contributed by atoms with van der Waals surface area (Å²) in [5.74, 6) is 0. The van der Waals surface area contributed by atoms with Gasteiger partial charge in [0.05, 0.1) is 0 Å². The first-order valence-corrected chi connectivity index (χ1v) is 12.1. The quantitative estimate of drug-likeness (QED) is 0.788. The number of carbonyl (C=O) groups is 1. The van der Waals surface area contributed by atoms with Crippen LogP contribution in [0.2, 0.25) is 0 Å². The summed E-state index contributed by atoms with van der Waals surface area (Å²) in [5.41, 5.74) is 3.36. The van der Waals surface area contributed by atoms with E-state index in [4.69, 9.17) is 0 Å². The number of hydrogen-bond acceptors (Lipinski definition) is 4. The van der Waals surface area contributed by atoms with Gasteiger partial charge in [-0.15, -0.1) is 0 Å². The van der Waals surface area contributed by atoms with Crippen LogP contribution in [0.5, 0.6) is 0 Å². The summed E-state index contributed by atoms with van der Waals surface area (Å²) < 4.78 is 0. The molecule has 2 amide bonds. The molecule has 6 nitrogen and oxygen atoms in total. The molecular weight excluding hydrogens is 398 g/mol. The van der Waals surface area contributed by atoms with Crippen molar-refractivity contribution in [1.82, 2.24) is 9.80 Å². The number of urea groups is 1. The lowest BCUT2D eigenvalue weighted by molar-refractivity contribution is 0.204. The number of nitrogens with one attached hydrogen (secondary N) is 1. The molecule has 0 aliphatic carbocycles. The molecule has 3 aliphatic heterocycles. The number of rotatable bonds is 4. The molecular formula is C26H35N5O. The molecule has 6 heteroatoms. The highest BCUT2D eigenvalue weighted by atomic mass is 16.2. The zero-order valence-electron chi connectivity index (χ0n) is 19.1. The van der Waals surface area contributed by atoms with Crippen LogP contribution in [0.25, 0.3) is 0 Å². The Bertz CT molecular complexity index is 894. The summed E-state index contributed by atoms with van der Waals surface area (Å²) in [7, 11) is 0. The molecule has 0 aromatic heterocycles. The second kappa shape index (κ2) is 9.41. The molecule has 0 saturated carbocycles. The average Bonchev–Trinajstić information content (AvgIpc) is 3.49. The number of piperazine rings is 1. The Morgan fingerprint density at radius 2 is 1.53 bits per heavy atom. The number of para-hydroxylation sites is 1. The Morgan fingerprint density at radius 1 is 0.812 bits per heavy atom. The lowest BCUT2D eigenvalue weighted by atomic mass is 10.2. The van der Waals surface area contributed by atoms with Crippen LogP contribution >= 0.6 is 0 Å². The molecule has 32 heavy (non-hydrogen) atoms. The fraction of sp³-hybridized carbons (Fsp3) is 0.500. The number of likely N-dealkylation sites (tertiary alicyclic amines) is 1. The van der Waals surface area contributed by atoms with Gasteiger partial charge >= 0.3 is 6.03 Å². The summed E-state index contributed by atoms with van der Waals surface area (Å²) >= 11 is 0. The van der Waals surface area contributed by atoms with Gasteiger partial charge in [0.25, 0.3) is 0 Å². The molecule has 0 radical (unpaired) electrons. The molecule has 2 atom stereocenters. The molecule has 3 saturated heterocycles. The van der Waals surface area contributed by atoms with Gasteiger partial charge in [0.1, 0.15) is 0 Å². The standard InChI is InChI=1S/C26H35N5O/c1-21-6-5-14-31(21)25-13-15-30(20-25)24-11-9-22(10-12-24)27-26(32)29-18-16-28(17-19-29)23-7-3-2-4-8-23/h2-4,7-12,21,25H,5-6,13-20H2,1H3,(H,27,32). The monoisotopic (exact) mass is 433 g/mol. The van der Waals surface area contributed by atoms with Crippen molar-refractivity contribution in [3.05, 3.63) is 54.6 Å². The maximum Gasteiger partial charge on any atom is 0.321 e. The smallest absolute Gasteiger partial charge is 0.321 e. The van der Waals surface area contributed by atoms with Gasteiger partial charge in [0, 0.05) is 68.4 Å². The Kier molecular flexibility index (Phi) is 6.21. The van der Waals surface area contributed by atoms with E-state index in [9.17, 15) is 4.79 Å². The Labute approximate surface area is 191 Å². The van der Waals surface area contributed by atoms with Gasteiger partial charge in [-0.3, -0.25) is 4.90 Å². The number of anilines is 3. The molecule has 2 unspecified atom stereocenters. The first kappa shape index (κ1) is 21.1. The lowest BCUT2D eigenvalue weighted by Gasteiger charge is -2.36.